The standard InChI is InChI=1S/C18H17F3N4O3/c1-27-7-6-25-10-11-8-14(15(28-2)9-13(11)24-25)23-17(26)12-4-3-5-16(22-12)18(19,20)21/h3-5,8-10H,6-7H2,1-2H3,(H,23,26). The maximum atomic E-state index is 12.8. The van der Waals surface area contributed by atoms with E-state index in [1.54, 1.807) is 30.1 Å². The summed E-state index contributed by atoms with van der Waals surface area (Å²) >= 11 is 0. The van der Waals surface area contributed by atoms with Crippen molar-refractivity contribution in [1.29, 1.82) is 0 Å². The van der Waals surface area contributed by atoms with E-state index < -0.39 is 17.8 Å². The van der Waals surface area contributed by atoms with E-state index in [4.69, 9.17) is 9.47 Å². The third-order valence-electron chi connectivity index (χ3n) is 3.92. The van der Waals surface area contributed by atoms with Gasteiger partial charge in [-0.15, -0.1) is 0 Å². The molecule has 0 spiro atoms. The van der Waals surface area contributed by atoms with Crippen LogP contribution >= 0.6 is 0 Å². The largest absolute Gasteiger partial charge is 0.494 e. The molecule has 0 fully saturated rings. The lowest BCUT2D eigenvalue weighted by molar-refractivity contribution is -0.141. The second-order valence-corrected chi connectivity index (χ2v) is 5.86. The maximum Gasteiger partial charge on any atom is 0.433 e. The van der Waals surface area contributed by atoms with E-state index in [0.717, 1.165) is 17.5 Å². The number of aromatic nitrogens is 3. The molecule has 0 aliphatic rings. The molecular weight excluding hydrogens is 377 g/mol. The minimum absolute atomic E-state index is 0.297. The summed E-state index contributed by atoms with van der Waals surface area (Å²) in [6.07, 6.45) is -2.87. The lowest BCUT2D eigenvalue weighted by Gasteiger charge is -2.11. The van der Waals surface area contributed by atoms with Crippen LogP contribution in [0.1, 0.15) is 16.2 Å². The summed E-state index contributed by atoms with van der Waals surface area (Å²) in [5.74, 6) is -0.458. The number of hydrogen-bond donors (Lipinski definition) is 1. The zero-order chi connectivity index (χ0) is 20.3. The third-order valence-corrected chi connectivity index (χ3v) is 3.92. The first-order valence-electron chi connectivity index (χ1n) is 8.21. The first kappa shape index (κ1) is 19.6. The summed E-state index contributed by atoms with van der Waals surface area (Å²) in [6.45, 7) is 1.03. The van der Waals surface area contributed by atoms with Crippen molar-refractivity contribution in [3.63, 3.8) is 0 Å². The predicted octanol–water partition coefficient (Wildman–Crippen LogP) is 3.36. The molecular formula is C18H17F3N4O3. The number of halogens is 3. The monoisotopic (exact) mass is 394 g/mol. The summed E-state index contributed by atoms with van der Waals surface area (Å²) in [4.78, 5) is 15.8. The molecule has 1 amide bonds. The first-order valence-corrected chi connectivity index (χ1v) is 8.21. The molecule has 1 aromatic carbocycles. The molecule has 28 heavy (non-hydrogen) atoms. The molecule has 3 aromatic rings. The number of carbonyl (C=O) groups is 1. The van der Waals surface area contributed by atoms with E-state index in [9.17, 15) is 18.0 Å². The average molecular weight is 394 g/mol. The van der Waals surface area contributed by atoms with Crippen molar-refractivity contribution in [2.45, 2.75) is 12.7 Å². The van der Waals surface area contributed by atoms with Crippen molar-refractivity contribution in [2.24, 2.45) is 0 Å². The van der Waals surface area contributed by atoms with Crippen LogP contribution in [0.2, 0.25) is 0 Å². The van der Waals surface area contributed by atoms with E-state index in [0.29, 0.717) is 30.1 Å². The normalized spacial score (nSPS) is 11.6. The van der Waals surface area contributed by atoms with Gasteiger partial charge in [0.25, 0.3) is 5.91 Å². The van der Waals surface area contributed by atoms with Gasteiger partial charge >= 0.3 is 6.18 Å². The second-order valence-electron chi connectivity index (χ2n) is 5.86. The average Bonchev–Trinajstić information content (AvgIpc) is 3.06. The Morgan fingerprint density at radius 2 is 2.04 bits per heavy atom. The maximum absolute atomic E-state index is 12.8. The summed E-state index contributed by atoms with van der Waals surface area (Å²) in [6, 6.07) is 6.41. The molecule has 0 aliphatic carbocycles. The van der Waals surface area contributed by atoms with E-state index in [1.807, 2.05) is 0 Å². The Kier molecular flexibility index (Phi) is 5.50. The number of anilines is 1. The third kappa shape index (κ3) is 4.22. The topological polar surface area (TPSA) is 78.3 Å². The van der Waals surface area contributed by atoms with Gasteiger partial charge < -0.3 is 14.8 Å². The van der Waals surface area contributed by atoms with E-state index >= 15 is 0 Å². The van der Waals surface area contributed by atoms with Crippen LogP contribution in [0.15, 0.2) is 36.5 Å². The highest BCUT2D eigenvalue weighted by Gasteiger charge is 2.33. The molecule has 0 unspecified atom stereocenters. The van der Waals surface area contributed by atoms with Gasteiger partial charge in [0.2, 0.25) is 0 Å². The fourth-order valence-corrected chi connectivity index (χ4v) is 2.57. The highest BCUT2D eigenvalue weighted by atomic mass is 19.4. The molecule has 0 saturated heterocycles. The fourth-order valence-electron chi connectivity index (χ4n) is 2.57. The molecule has 0 saturated carbocycles. The molecule has 0 bridgehead atoms. The number of nitrogens with one attached hydrogen (secondary N) is 1. The molecule has 0 aliphatic heterocycles. The van der Waals surface area contributed by atoms with Gasteiger partial charge in [0.05, 0.1) is 31.5 Å². The number of amides is 1. The molecule has 2 aromatic heterocycles. The van der Waals surface area contributed by atoms with Gasteiger partial charge in [0.15, 0.2) is 0 Å². The predicted molar refractivity (Wildman–Crippen MR) is 95.4 cm³/mol. The number of alkyl halides is 3. The van der Waals surface area contributed by atoms with E-state index in [2.05, 4.69) is 15.4 Å². The van der Waals surface area contributed by atoms with Gasteiger partial charge in [-0.1, -0.05) is 6.07 Å². The van der Waals surface area contributed by atoms with Crippen LogP contribution in [0.4, 0.5) is 18.9 Å². The lowest BCUT2D eigenvalue weighted by Crippen LogP contribution is -2.17. The Morgan fingerprint density at radius 3 is 2.71 bits per heavy atom. The van der Waals surface area contributed by atoms with Crippen LogP contribution in [0, 0.1) is 0 Å². The molecule has 148 valence electrons. The van der Waals surface area contributed by atoms with Crippen LogP contribution in [0.5, 0.6) is 5.75 Å². The molecule has 2 heterocycles. The van der Waals surface area contributed by atoms with Gasteiger partial charge in [-0.3, -0.25) is 9.48 Å². The van der Waals surface area contributed by atoms with Gasteiger partial charge in [-0.2, -0.15) is 18.3 Å². The summed E-state index contributed by atoms with van der Waals surface area (Å²) < 4.78 is 50.4. The smallest absolute Gasteiger partial charge is 0.433 e. The van der Waals surface area contributed by atoms with E-state index in [1.165, 1.54) is 13.2 Å². The quantitative estimate of drug-likeness (QED) is 0.694. The highest BCUT2D eigenvalue weighted by molar-refractivity contribution is 6.05. The van der Waals surface area contributed by atoms with Crippen molar-refractivity contribution in [2.75, 3.05) is 26.1 Å². The minimum atomic E-state index is -4.64. The van der Waals surface area contributed by atoms with Crippen molar-refractivity contribution < 1.29 is 27.4 Å². The molecule has 1 N–H and O–H groups in total. The van der Waals surface area contributed by atoms with Gasteiger partial charge in [-0.25, -0.2) is 4.98 Å². The Balaban J connectivity index is 1.89. The summed E-state index contributed by atoms with van der Waals surface area (Å²) in [5, 5.41) is 7.65. The van der Waals surface area contributed by atoms with Crippen molar-refractivity contribution in [1.82, 2.24) is 14.8 Å². The van der Waals surface area contributed by atoms with Gasteiger partial charge in [0.1, 0.15) is 17.1 Å². The van der Waals surface area contributed by atoms with Crippen LogP contribution in [0.3, 0.4) is 0 Å². The number of hydrogen-bond acceptors (Lipinski definition) is 5. The van der Waals surface area contributed by atoms with Crippen LogP contribution in [-0.4, -0.2) is 41.5 Å². The Labute approximate surface area is 158 Å². The molecule has 10 heteroatoms. The number of pyridine rings is 1. The SMILES string of the molecule is COCCn1cc2cc(NC(=O)c3cccc(C(F)(F)F)n3)c(OC)cc2n1. The molecule has 3 rings (SSSR count). The highest BCUT2D eigenvalue weighted by Crippen LogP contribution is 2.31. The van der Waals surface area contributed by atoms with Crippen molar-refractivity contribution in [3.05, 3.63) is 47.9 Å². The number of benzene rings is 1. The van der Waals surface area contributed by atoms with Crippen LogP contribution < -0.4 is 10.1 Å². The zero-order valence-electron chi connectivity index (χ0n) is 15.1. The van der Waals surface area contributed by atoms with Crippen molar-refractivity contribution >= 4 is 22.5 Å². The lowest BCUT2D eigenvalue weighted by atomic mass is 10.2. The Morgan fingerprint density at radius 1 is 1.25 bits per heavy atom. The Hall–Kier alpha value is -3.14. The number of ether oxygens (including phenoxy) is 2. The number of methoxy groups -OCH3 is 2. The Bertz CT molecular complexity index is 1000. The van der Waals surface area contributed by atoms with Crippen molar-refractivity contribution in [3.8, 4) is 5.75 Å². The second kappa shape index (κ2) is 7.85. The number of nitrogens with zero attached hydrogens (tertiary/aromatic N) is 3. The van der Waals surface area contributed by atoms with E-state index in [-0.39, 0.29) is 5.69 Å². The number of carbonyl (C=O) groups excluding carboxylic acids is 1. The van der Waals surface area contributed by atoms with Crippen LogP contribution in [-0.2, 0) is 17.5 Å². The summed E-state index contributed by atoms with van der Waals surface area (Å²) in [7, 11) is 3.00. The summed E-state index contributed by atoms with van der Waals surface area (Å²) in [5.41, 5.74) is -0.552. The zero-order valence-corrected chi connectivity index (χ0v) is 15.1. The fraction of sp³-hybridized carbons (Fsp3) is 0.278. The molecule has 7 nitrogen and oxygen atoms in total. The molecule has 0 atom stereocenters. The number of rotatable bonds is 6. The minimum Gasteiger partial charge on any atom is -0.494 e. The number of fused-ring (bicyclic) bond motifs is 1. The van der Waals surface area contributed by atoms with Gasteiger partial charge in [-0.05, 0) is 18.2 Å². The first-order chi connectivity index (χ1) is 13.3. The van der Waals surface area contributed by atoms with Crippen LogP contribution in [0.25, 0.3) is 10.9 Å². The molecule has 0 radical (unpaired) electrons. The van der Waals surface area contributed by atoms with Gasteiger partial charge in [0, 0.05) is 24.8 Å².